The molecule has 0 amide bonds. The van der Waals surface area contributed by atoms with E-state index >= 15 is 0 Å². The van der Waals surface area contributed by atoms with Gasteiger partial charge in [0.25, 0.3) is 0 Å². The summed E-state index contributed by atoms with van der Waals surface area (Å²) < 4.78 is 1.10. The Labute approximate surface area is 60.6 Å². The fourth-order valence-electron chi connectivity index (χ4n) is 0.328. The third-order valence-corrected chi connectivity index (χ3v) is 3.37. The molecule has 0 spiro atoms. The van der Waals surface area contributed by atoms with Crippen LogP contribution in [0.4, 0.5) is 0 Å². The molecule has 1 aromatic heterocycles. The molecule has 8 heavy (non-hydrogen) atoms. The van der Waals surface area contributed by atoms with Crippen LogP contribution in [-0.4, -0.2) is 37.3 Å². The van der Waals surface area contributed by atoms with Crippen LogP contribution in [0.2, 0.25) is 0 Å². The Morgan fingerprint density at radius 1 is 1.62 bits per heavy atom. The molecular formula is C4H3N2Se2. The average molecular weight is 237 g/mol. The topological polar surface area (TPSA) is 25.8 Å². The van der Waals surface area contributed by atoms with E-state index in [1.54, 1.807) is 12.5 Å². The van der Waals surface area contributed by atoms with Gasteiger partial charge in [0.2, 0.25) is 0 Å². The predicted molar refractivity (Wildman–Crippen MR) is 33.2 cm³/mol. The molecule has 4 heteroatoms. The minimum absolute atomic E-state index is 0.392. The zero-order valence-corrected chi connectivity index (χ0v) is 7.37. The molecule has 0 fully saturated rings. The zero-order valence-electron chi connectivity index (χ0n) is 3.94. The number of nitrogens with zero attached hydrogens (tertiary/aromatic N) is 2. The summed E-state index contributed by atoms with van der Waals surface area (Å²) in [6.07, 6.45) is 3.32. The quantitative estimate of drug-likeness (QED) is 0.579. The van der Waals surface area contributed by atoms with Gasteiger partial charge < -0.3 is 0 Å². The van der Waals surface area contributed by atoms with Gasteiger partial charge in [0.15, 0.2) is 0 Å². The van der Waals surface area contributed by atoms with Gasteiger partial charge in [-0.05, 0) is 0 Å². The van der Waals surface area contributed by atoms with Crippen LogP contribution in [0.25, 0.3) is 0 Å². The standard InChI is InChI=1S/C4H3N2Se2/c7-8-4-1-2-5-3-6-4/h1-3H. The van der Waals surface area contributed by atoms with E-state index in [4.69, 9.17) is 0 Å². The van der Waals surface area contributed by atoms with E-state index in [0.29, 0.717) is 13.1 Å². The second-order valence-corrected chi connectivity index (χ2v) is 4.18. The van der Waals surface area contributed by atoms with Crippen LogP contribution in [-0.2, 0) is 0 Å². The van der Waals surface area contributed by atoms with E-state index in [1.165, 1.54) is 0 Å². The van der Waals surface area contributed by atoms with Gasteiger partial charge in [-0.25, -0.2) is 0 Å². The summed E-state index contributed by atoms with van der Waals surface area (Å²) in [6, 6.07) is 1.91. The maximum absolute atomic E-state index is 3.98. The van der Waals surface area contributed by atoms with Crippen LogP contribution < -0.4 is 4.59 Å². The van der Waals surface area contributed by atoms with Crippen LogP contribution >= 0.6 is 0 Å². The Hall–Kier alpha value is 0.119. The van der Waals surface area contributed by atoms with Gasteiger partial charge in [-0.1, -0.05) is 0 Å². The Bertz CT molecular complexity index is 153. The fraction of sp³-hybridized carbons (Fsp3) is 0. The van der Waals surface area contributed by atoms with E-state index in [1.807, 2.05) is 6.07 Å². The number of rotatable bonds is 1. The van der Waals surface area contributed by atoms with Gasteiger partial charge in [-0.3, -0.25) is 0 Å². The van der Waals surface area contributed by atoms with Crippen LogP contribution in [0.1, 0.15) is 0 Å². The molecule has 1 heterocycles. The summed E-state index contributed by atoms with van der Waals surface area (Å²) in [7, 11) is 0. The molecule has 41 valence electrons. The normalized spacial score (nSPS) is 9.12. The van der Waals surface area contributed by atoms with Gasteiger partial charge in [0.05, 0.1) is 0 Å². The fourth-order valence-corrected chi connectivity index (χ4v) is 1.84. The molecule has 0 unspecified atom stereocenters. The van der Waals surface area contributed by atoms with Gasteiger partial charge in [0, 0.05) is 0 Å². The second-order valence-electron chi connectivity index (χ2n) is 1.13. The van der Waals surface area contributed by atoms with Crippen molar-refractivity contribution in [2.24, 2.45) is 0 Å². The van der Waals surface area contributed by atoms with Gasteiger partial charge in [0.1, 0.15) is 0 Å². The molecule has 0 aromatic carbocycles. The Kier molecular flexibility index (Phi) is 2.50. The average Bonchev–Trinajstić information content (AvgIpc) is 1.90. The molecule has 2 nitrogen and oxygen atoms in total. The monoisotopic (exact) mass is 239 g/mol. The first kappa shape index (κ1) is 6.24. The molecule has 0 bridgehead atoms. The molecule has 1 rings (SSSR count). The maximum atomic E-state index is 3.98. The number of hydrogen-bond donors (Lipinski definition) is 0. The van der Waals surface area contributed by atoms with E-state index in [-0.39, 0.29) is 0 Å². The summed E-state index contributed by atoms with van der Waals surface area (Å²) in [5.74, 6) is 0. The van der Waals surface area contributed by atoms with Crippen molar-refractivity contribution in [1.82, 2.24) is 9.97 Å². The Balaban J connectivity index is 2.83. The SMILES string of the molecule is [Se][Se]c1ccncn1. The molecule has 0 atom stereocenters. The van der Waals surface area contributed by atoms with Crippen LogP contribution in [0.15, 0.2) is 18.6 Å². The minimum atomic E-state index is 0.392. The summed E-state index contributed by atoms with van der Waals surface area (Å²) in [5.41, 5.74) is 0. The third-order valence-electron chi connectivity index (χ3n) is 0.640. The first-order valence-corrected chi connectivity index (χ1v) is 7.18. The van der Waals surface area contributed by atoms with E-state index in [0.717, 1.165) is 4.59 Å². The molecule has 1 radical (unpaired) electrons. The second kappa shape index (κ2) is 3.21. The molecule has 0 aliphatic heterocycles. The van der Waals surface area contributed by atoms with Crippen LogP contribution in [0.3, 0.4) is 0 Å². The summed E-state index contributed by atoms with van der Waals surface area (Å²) in [6.45, 7) is 0. The molecule has 0 aliphatic rings. The predicted octanol–water partition coefficient (Wildman–Crippen LogP) is -1.11. The summed E-state index contributed by atoms with van der Waals surface area (Å²) in [5, 5.41) is 0. The molecule has 1 aromatic rings. The van der Waals surface area contributed by atoms with E-state index < -0.39 is 0 Å². The van der Waals surface area contributed by atoms with Crippen LogP contribution in [0, 0.1) is 0 Å². The third kappa shape index (κ3) is 1.57. The molecule has 0 N–H and O–H groups in total. The molecule has 0 saturated heterocycles. The van der Waals surface area contributed by atoms with E-state index in [2.05, 4.69) is 24.2 Å². The van der Waals surface area contributed by atoms with Crippen molar-refractivity contribution in [2.75, 3.05) is 0 Å². The van der Waals surface area contributed by atoms with Crippen molar-refractivity contribution >= 4 is 31.9 Å². The summed E-state index contributed by atoms with van der Waals surface area (Å²) >= 11 is 3.32. The molecule has 0 saturated carbocycles. The first-order valence-electron chi connectivity index (χ1n) is 1.99. The van der Waals surface area contributed by atoms with Gasteiger partial charge in [-0.2, -0.15) is 0 Å². The molecule has 0 aliphatic carbocycles. The van der Waals surface area contributed by atoms with Crippen molar-refractivity contribution in [3.63, 3.8) is 0 Å². The Morgan fingerprint density at radius 3 is 2.88 bits per heavy atom. The van der Waals surface area contributed by atoms with E-state index in [9.17, 15) is 0 Å². The van der Waals surface area contributed by atoms with Crippen molar-refractivity contribution in [2.45, 2.75) is 0 Å². The van der Waals surface area contributed by atoms with Crippen molar-refractivity contribution in [1.29, 1.82) is 0 Å². The summed E-state index contributed by atoms with van der Waals surface area (Å²) in [4.78, 5) is 7.76. The number of aromatic nitrogens is 2. The Morgan fingerprint density at radius 2 is 2.50 bits per heavy atom. The van der Waals surface area contributed by atoms with Crippen molar-refractivity contribution in [3.8, 4) is 0 Å². The van der Waals surface area contributed by atoms with Crippen molar-refractivity contribution in [3.05, 3.63) is 18.6 Å². The molecular weight excluding hydrogens is 234 g/mol. The van der Waals surface area contributed by atoms with Gasteiger partial charge in [-0.15, -0.1) is 0 Å². The first-order chi connectivity index (χ1) is 3.93. The van der Waals surface area contributed by atoms with Crippen LogP contribution in [0.5, 0.6) is 0 Å². The van der Waals surface area contributed by atoms with Crippen molar-refractivity contribution < 1.29 is 0 Å². The number of hydrogen-bond acceptors (Lipinski definition) is 2. The zero-order chi connectivity index (χ0) is 5.82. The van der Waals surface area contributed by atoms with Gasteiger partial charge >= 0.3 is 60.5 Å².